The first-order chi connectivity index (χ1) is 8.83. The quantitative estimate of drug-likeness (QED) is 0.442. The van der Waals surface area contributed by atoms with E-state index in [1.807, 2.05) is 0 Å². The normalized spacial score (nSPS) is 11.2. The zero-order valence-electron chi connectivity index (χ0n) is 10.4. The molecule has 0 aliphatic rings. The van der Waals surface area contributed by atoms with Crippen LogP contribution in [0.25, 0.3) is 21.5 Å². The lowest BCUT2D eigenvalue weighted by Crippen LogP contribution is -1.95. The molecule has 0 heterocycles. The fourth-order valence-corrected chi connectivity index (χ4v) is 3.00. The zero-order valence-corrected chi connectivity index (χ0v) is 11.2. The van der Waals surface area contributed by atoms with Crippen molar-refractivity contribution in [3.63, 3.8) is 0 Å². The molecule has 3 rings (SSSR count). The van der Waals surface area contributed by atoms with Gasteiger partial charge in [-0.15, -0.1) is 11.6 Å². The van der Waals surface area contributed by atoms with Crippen molar-refractivity contribution >= 4 is 33.1 Å². The van der Waals surface area contributed by atoms with Gasteiger partial charge >= 0.3 is 0 Å². The van der Waals surface area contributed by atoms with Crippen LogP contribution in [0.3, 0.4) is 0 Å². The highest BCUT2D eigenvalue weighted by Crippen LogP contribution is 2.32. The summed E-state index contributed by atoms with van der Waals surface area (Å²) < 4.78 is 0. The van der Waals surface area contributed by atoms with Crippen LogP contribution in [0.2, 0.25) is 0 Å². The number of aryl methyl sites for hydroxylation is 2. The summed E-state index contributed by atoms with van der Waals surface area (Å²) in [6.07, 6.45) is 0.929. The van der Waals surface area contributed by atoms with Crippen molar-refractivity contribution in [2.75, 3.05) is 5.88 Å². The second-order valence-electron chi connectivity index (χ2n) is 4.63. The Morgan fingerprint density at radius 2 is 1.28 bits per heavy atom. The Kier molecular flexibility index (Phi) is 2.97. The molecular formula is C17H15Cl. The highest BCUT2D eigenvalue weighted by Gasteiger charge is 2.09. The monoisotopic (exact) mass is 254 g/mol. The van der Waals surface area contributed by atoms with Gasteiger partial charge in [-0.2, -0.15) is 0 Å². The van der Waals surface area contributed by atoms with E-state index in [4.69, 9.17) is 11.6 Å². The molecule has 0 saturated heterocycles. The van der Waals surface area contributed by atoms with Crippen LogP contribution in [-0.4, -0.2) is 5.88 Å². The minimum Gasteiger partial charge on any atom is -0.126 e. The van der Waals surface area contributed by atoms with Crippen LogP contribution < -0.4 is 0 Å². The third kappa shape index (κ3) is 1.69. The van der Waals surface area contributed by atoms with Crippen molar-refractivity contribution in [1.29, 1.82) is 0 Å². The van der Waals surface area contributed by atoms with E-state index >= 15 is 0 Å². The van der Waals surface area contributed by atoms with Crippen molar-refractivity contribution in [2.24, 2.45) is 0 Å². The molecule has 0 atom stereocenters. The van der Waals surface area contributed by atoms with Gasteiger partial charge in [0.2, 0.25) is 0 Å². The molecule has 0 aliphatic carbocycles. The van der Waals surface area contributed by atoms with E-state index in [0.717, 1.165) is 6.42 Å². The van der Waals surface area contributed by atoms with Crippen LogP contribution in [0.4, 0.5) is 0 Å². The van der Waals surface area contributed by atoms with Crippen molar-refractivity contribution in [3.8, 4) is 0 Å². The highest BCUT2D eigenvalue weighted by atomic mass is 35.5. The van der Waals surface area contributed by atoms with E-state index in [-0.39, 0.29) is 0 Å². The Balaban J connectivity index is 2.53. The molecule has 1 heteroatoms. The second-order valence-corrected chi connectivity index (χ2v) is 5.01. The van der Waals surface area contributed by atoms with Crippen molar-refractivity contribution in [2.45, 2.75) is 13.3 Å². The van der Waals surface area contributed by atoms with Crippen molar-refractivity contribution in [1.82, 2.24) is 0 Å². The molecule has 0 N–H and O–H groups in total. The van der Waals surface area contributed by atoms with E-state index in [1.165, 1.54) is 32.7 Å². The van der Waals surface area contributed by atoms with Gasteiger partial charge in [0.25, 0.3) is 0 Å². The first kappa shape index (κ1) is 11.6. The first-order valence-electron chi connectivity index (χ1n) is 6.28. The molecule has 0 unspecified atom stereocenters. The number of hydrogen-bond acceptors (Lipinski definition) is 0. The molecule has 0 nitrogen and oxygen atoms in total. The zero-order chi connectivity index (χ0) is 12.5. The van der Waals surface area contributed by atoms with Gasteiger partial charge in [0.05, 0.1) is 0 Å². The number of alkyl halides is 1. The lowest BCUT2D eigenvalue weighted by Gasteiger charge is -2.14. The predicted octanol–water partition coefficient (Wildman–Crippen LogP) is 5.08. The largest absolute Gasteiger partial charge is 0.126 e. The van der Waals surface area contributed by atoms with E-state index in [1.54, 1.807) is 0 Å². The Morgan fingerprint density at radius 1 is 0.778 bits per heavy atom. The molecule has 0 spiro atoms. The maximum atomic E-state index is 5.96. The maximum Gasteiger partial charge on any atom is 0.0264 e. The summed E-state index contributed by atoms with van der Waals surface area (Å²) in [6.45, 7) is 2.21. The lowest BCUT2D eigenvalue weighted by molar-refractivity contribution is 1.15. The van der Waals surface area contributed by atoms with E-state index in [2.05, 4.69) is 55.5 Å². The fraction of sp³-hybridized carbons (Fsp3) is 0.176. The van der Waals surface area contributed by atoms with Crippen LogP contribution in [0.5, 0.6) is 0 Å². The van der Waals surface area contributed by atoms with Gasteiger partial charge in [0.1, 0.15) is 0 Å². The van der Waals surface area contributed by atoms with E-state index in [9.17, 15) is 0 Å². The molecule has 0 aliphatic heterocycles. The van der Waals surface area contributed by atoms with Gasteiger partial charge in [-0.1, -0.05) is 48.5 Å². The molecular weight excluding hydrogens is 240 g/mol. The molecule has 0 fully saturated rings. The van der Waals surface area contributed by atoms with E-state index in [0.29, 0.717) is 5.88 Å². The summed E-state index contributed by atoms with van der Waals surface area (Å²) in [5, 5.41) is 5.36. The van der Waals surface area contributed by atoms with Gasteiger partial charge in [-0.25, -0.2) is 0 Å². The average Bonchev–Trinajstić information content (AvgIpc) is 2.43. The molecule has 3 aromatic carbocycles. The SMILES string of the molecule is Cc1c(CCCl)c2ccccc2c2ccccc12. The molecule has 0 saturated carbocycles. The third-order valence-corrected chi connectivity index (χ3v) is 3.86. The molecule has 18 heavy (non-hydrogen) atoms. The Labute approximate surface area is 112 Å². The second kappa shape index (κ2) is 4.62. The summed E-state index contributed by atoms with van der Waals surface area (Å²) in [5.74, 6) is 0.670. The summed E-state index contributed by atoms with van der Waals surface area (Å²) >= 11 is 5.96. The Morgan fingerprint density at radius 3 is 1.89 bits per heavy atom. The van der Waals surface area contributed by atoms with Crippen LogP contribution in [0.1, 0.15) is 11.1 Å². The molecule has 0 aromatic heterocycles. The number of halogens is 1. The average molecular weight is 255 g/mol. The summed E-state index contributed by atoms with van der Waals surface area (Å²) in [5.41, 5.74) is 2.75. The van der Waals surface area contributed by atoms with Gasteiger partial charge in [0, 0.05) is 5.88 Å². The van der Waals surface area contributed by atoms with Crippen molar-refractivity contribution in [3.05, 3.63) is 59.7 Å². The lowest BCUT2D eigenvalue weighted by atomic mass is 9.91. The number of rotatable bonds is 2. The molecule has 90 valence electrons. The number of hydrogen-bond donors (Lipinski definition) is 0. The summed E-state index contributed by atoms with van der Waals surface area (Å²) in [6, 6.07) is 17.2. The standard InChI is InChI=1S/C17H15Cl/c1-12-13-6-2-3-7-15(13)17-9-5-4-8-16(17)14(12)10-11-18/h2-9H,10-11H2,1H3. The van der Waals surface area contributed by atoms with Gasteiger partial charge in [-0.05, 0) is 46.0 Å². The van der Waals surface area contributed by atoms with Gasteiger partial charge < -0.3 is 0 Å². The maximum absolute atomic E-state index is 5.96. The molecule has 0 bridgehead atoms. The molecule has 3 aromatic rings. The van der Waals surface area contributed by atoms with Crippen LogP contribution in [0, 0.1) is 6.92 Å². The predicted molar refractivity (Wildman–Crippen MR) is 80.6 cm³/mol. The fourth-order valence-electron chi connectivity index (χ4n) is 2.81. The van der Waals surface area contributed by atoms with Crippen LogP contribution in [0.15, 0.2) is 48.5 Å². The smallest absolute Gasteiger partial charge is 0.0264 e. The number of fused-ring (bicyclic) bond motifs is 3. The Hall–Kier alpha value is -1.53. The van der Waals surface area contributed by atoms with Gasteiger partial charge in [-0.3, -0.25) is 0 Å². The van der Waals surface area contributed by atoms with E-state index < -0.39 is 0 Å². The summed E-state index contributed by atoms with van der Waals surface area (Å²) in [7, 11) is 0. The highest BCUT2D eigenvalue weighted by molar-refractivity contribution is 6.18. The minimum atomic E-state index is 0.670. The summed E-state index contributed by atoms with van der Waals surface area (Å²) in [4.78, 5) is 0. The first-order valence-corrected chi connectivity index (χ1v) is 6.81. The number of benzene rings is 3. The van der Waals surface area contributed by atoms with Crippen molar-refractivity contribution < 1.29 is 0 Å². The minimum absolute atomic E-state index is 0.670. The van der Waals surface area contributed by atoms with Crippen LogP contribution in [-0.2, 0) is 6.42 Å². The van der Waals surface area contributed by atoms with Gasteiger partial charge in [0.15, 0.2) is 0 Å². The molecule has 0 amide bonds. The van der Waals surface area contributed by atoms with Crippen LogP contribution >= 0.6 is 11.6 Å². The Bertz CT molecular complexity index is 713. The molecule has 0 radical (unpaired) electrons. The third-order valence-electron chi connectivity index (χ3n) is 3.67. The topological polar surface area (TPSA) is 0 Å².